The third-order valence-corrected chi connectivity index (χ3v) is 4.13. The van der Waals surface area contributed by atoms with Crippen molar-refractivity contribution in [3.05, 3.63) is 30.2 Å². The zero-order chi connectivity index (χ0) is 17.6. The van der Waals surface area contributed by atoms with Gasteiger partial charge in [-0.15, -0.1) is 5.10 Å². The maximum atomic E-state index is 12.9. The minimum atomic E-state index is -0.468. The van der Waals surface area contributed by atoms with Gasteiger partial charge in [0.1, 0.15) is 23.5 Å². The van der Waals surface area contributed by atoms with Crippen molar-refractivity contribution in [2.45, 2.75) is 13.5 Å². The number of halogens is 1. The minimum absolute atomic E-state index is 0.180. The molecule has 4 rings (SSSR count). The number of aromatic nitrogens is 6. The van der Waals surface area contributed by atoms with Gasteiger partial charge in [-0.2, -0.15) is 4.98 Å². The lowest BCUT2D eigenvalue weighted by molar-refractivity contribution is 0.445. The molecule has 0 unspecified atom stereocenters. The molecule has 25 heavy (non-hydrogen) atoms. The van der Waals surface area contributed by atoms with E-state index < -0.39 is 6.67 Å². The molecule has 3 N–H and O–H groups in total. The Morgan fingerprint density at radius 1 is 1.20 bits per heavy atom. The highest BCUT2D eigenvalue weighted by Crippen LogP contribution is 2.30. The minimum Gasteiger partial charge on any atom is -0.371 e. The van der Waals surface area contributed by atoms with Crippen LogP contribution in [0.4, 0.5) is 16.2 Å². The number of aryl methyl sites for hydroxylation is 2. The summed E-state index contributed by atoms with van der Waals surface area (Å²) >= 11 is 0. The van der Waals surface area contributed by atoms with Gasteiger partial charge in [0.05, 0.1) is 12.2 Å². The van der Waals surface area contributed by atoms with E-state index in [2.05, 4.69) is 20.4 Å². The van der Waals surface area contributed by atoms with Crippen LogP contribution in [0.3, 0.4) is 0 Å². The summed E-state index contributed by atoms with van der Waals surface area (Å²) in [5, 5.41) is 7.23. The Balaban J connectivity index is 1.95. The molecule has 0 saturated heterocycles. The number of nitrogens with one attached hydrogen (secondary N) is 1. The number of fused-ring (bicyclic) bond motifs is 2. The van der Waals surface area contributed by atoms with Crippen molar-refractivity contribution in [3.63, 3.8) is 0 Å². The molecule has 0 aromatic carbocycles. The van der Waals surface area contributed by atoms with Gasteiger partial charge in [-0.1, -0.05) is 0 Å². The number of nitrogen functional groups attached to an aromatic ring is 1. The molecule has 0 fully saturated rings. The van der Waals surface area contributed by atoms with Gasteiger partial charge in [-0.05, 0) is 25.1 Å². The highest BCUT2D eigenvalue weighted by atomic mass is 19.1. The molecule has 0 aliphatic rings. The SMILES string of the molecule is CNc1nc(N)nn2ccc(-c3ccc4nc(C)n(CCF)c4n3)c12. The predicted octanol–water partition coefficient (Wildman–Crippen LogP) is 2.04. The lowest BCUT2D eigenvalue weighted by Gasteiger charge is -2.07. The summed E-state index contributed by atoms with van der Waals surface area (Å²) in [7, 11) is 1.77. The molecule has 0 aliphatic heterocycles. The Kier molecular flexibility index (Phi) is 3.48. The fraction of sp³-hybridized carbons (Fsp3) is 0.250. The van der Waals surface area contributed by atoms with E-state index in [1.807, 2.05) is 25.1 Å². The van der Waals surface area contributed by atoms with Crippen molar-refractivity contribution >= 4 is 28.4 Å². The number of hydrogen-bond donors (Lipinski definition) is 2. The quantitative estimate of drug-likeness (QED) is 0.590. The first-order valence-electron chi connectivity index (χ1n) is 7.85. The van der Waals surface area contributed by atoms with Crippen molar-refractivity contribution in [3.8, 4) is 11.3 Å². The first kappa shape index (κ1) is 15.3. The van der Waals surface area contributed by atoms with Gasteiger partial charge < -0.3 is 15.6 Å². The van der Waals surface area contributed by atoms with Crippen LogP contribution in [-0.4, -0.2) is 42.9 Å². The van der Waals surface area contributed by atoms with E-state index in [0.717, 1.165) is 28.1 Å². The van der Waals surface area contributed by atoms with E-state index in [4.69, 9.17) is 10.7 Å². The second kappa shape index (κ2) is 5.69. The largest absolute Gasteiger partial charge is 0.371 e. The second-order valence-corrected chi connectivity index (χ2v) is 5.63. The molecule has 0 radical (unpaired) electrons. The normalized spacial score (nSPS) is 11.5. The fourth-order valence-electron chi connectivity index (χ4n) is 3.04. The zero-order valence-electron chi connectivity index (χ0n) is 13.9. The number of anilines is 2. The molecule has 0 bridgehead atoms. The third-order valence-electron chi connectivity index (χ3n) is 4.13. The number of pyridine rings is 1. The Morgan fingerprint density at radius 2 is 2.04 bits per heavy atom. The number of nitrogens with zero attached hydrogens (tertiary/aromatic N) is 6. The molecular formula is C16H17FN8. The van der Waals surface area contributed by atoms with Crippen LogP contribution in [0, 0.1) is 6.92 Å². The third kappa shape index (κ3) is 2.35. The first-order valence-corrected chi connectivity index (χ1v) is 7.85. The highest BCUT2D eigenvalue weighted by Gasteiger charge is 2.16. The summed E-state index contributed by atoms with van der Waals surface area (Å²) in [6, 6.07) is 5.68. The van der Waals surface area contributed by atoms with Crippen molar-refractivity contribution in [2.24, 2.45) is 0 Å². The van der Waals surface area contributed by atoms with E-state index in [1.165, 1.54) is 0 Å². The molecule has 0 atom stereocenters. The van der Waals surface area contributed by atoms with Gasteiger partial charge >= 0.3 is 0 Å². The van der Waals surface area contributed by atoms with E-state index in [9.17, 15) is 4.39 Å². The maximum Gasteiger partial charge on any atom is 0.240 e. The molecule has 0 saturated carbocycles. The predicted molar refractivity (Wildman–Crippen MR) is 94.2 cm³/mol. The molecule has 8 nitrogen and oxygen atoms in total. The van der Waals surface area contributed by atoms with E-state index in [0.29, 0.717) is 11.5 Å². The molecule has 0 aliphatic carbocycles. The maximum absolute atomic E-state index is 12.9. The summed E-state index contributed by atoms with van der Waals surface area (Å²) in [4.78, 5) is 13.4. The van der Waals surface area contributed by atoms with Crippen LogP contribution in [0.15, 0.2) is 24.4 Å². The highest BCUT2D eigenvalue weighted by molar-refractivity contribution is 5.89. The summed E-state index contributed by atoms with van der Waals surface area (Å²) in [6.45, 7) is 1.61. The first-order chi connectivity index (χ1) is 12.1. The van der Waals surface area contributed by atoms with Gasteiger partial charge in [0.2, 0.25) is 5.95 Å². The van der Waals surface area contributed by atoms with E-state index in [-0.39, 0.29) is 12.5 Å². The van der Waals surface area contributed by atoms with Gasteiger partial charge in [0.25, 0.3) is 0 Å². The molecule has 4 aromatic rings. The number of hydrogen-bond acceptors (Lipinski definition) is 6. The number of imidazole rings is 1. The molecule has 9 heteroatoms. The summed E-state index contributed by atoms with van der Waals surface area (Å²) in [5.74, 6) is 1.54. The molecule has 4 aromatic heterocycles. The molecule has 0 amide bonds. The van der Waals surface area contributed by atoms with Crippen LogP contribution in [0.2, 0.25) is 0 Å². The second-order valence-electron chi connectivity index (χ2n) is 5.63. The van der Waals surface area contributed by atoms with Gasteiger partial charge in [-0.3, -0.25) is 0 Å². The fourth-order valence-corrected chi connectivity index (χ4v) is 3.04. The summed E-state index contributed by atoms with van der Waals surface area (Å²) in [6.07, 6.45) is 1.81. The lowest BCUT2D eigenvalue weighted by Crippen LogP contribution is -2.05. The van der Waals surface area contributed by atoms with Crippen LogP contribution in [0.25, 0.3) is 27.9 Å². The van der Waals surface area contributed by atoms with Crippen LogP contribution >= 0.6 is 0 Å². The van der Waals surface area contributed by atoms with Crippen molar-refractivity contribution in [1.29, 1.82) is 0 Å². The van der Waals surface area contributed by atoms with Gasteiger partial charge in [-0.25, -0.2) is 18.9 Å². The van der Waals surface area contributed by atoms with Crippen molar-refractivity contribution < 1.29 is 4.39 Å². The van der Waals surface area contributed by atoms with E-state index >= 15 is 0 Å². The Bertz CT molecular complexity index is 1080. The van der Waals surface area contributed by atoms with Crippen LogP contribution in [0.1, 0.15) is 5.82 Å². The van der Waals surface area contributed by atoms with Crippen molar-refractivity contribution in [1.82, 2.24) is 29.1 Å². The average molecular weight is 340 g/mol. The monoisotopic (exact) mass is 340 g/mol. The molecule has 128 valence electrons. The van der Waals surface area contributed by atoms with Gasteiger partial charge in [0, 0.05) is 18.8 Å². The van der Waals surface area contributed by atoms with Crippen LogP contribution in [-0.2, 0) is 6.54 Å². The standard InChI is InChI=1S/C16H17FN8/c1-9-20-12-4-3-11(21-15(12)24(9)8-6-17)10-5-7-25-13(10)14(19-2)22-16(18)23-25/h3-5,7H,6,8H2,1-2H3,(H3,18,19,22,23). The number of nitrogens with two attached hydrogens (primary N) is 1. The Labute approximate surface area is 142 Å². The average Bonchev–Trinajstić information content (AvgIpc) is 3.15. The molecule has 0 spiro atoms. The van der Waals surface area contributed by atoms with Crippen LogP contribution < -0.4 is 11.1 Å². The molecule has 4 heterocycles. The Morgan fingerprint density at radius 3 is 2.80 bits per heavy atom. The van der Waals surface area contributed by atoms with Crippen LogP contribution in [0.5, 0.6) is 0 Å². The number of rotatable bonds is 4. The molecular weight excluding hydrogens is 323 g/mol. The topological polar surface area (TPSA) is 99.0 Å². The number of alkyl halides is 1. The van der Waals surface area contributed by atoms with Crippen molar-refractivity contribution in [2.75, 3.05) is 24.8 Å². The summed E-state index contributed by atoms with van der Waals surface area (Å²) in [5.41, 5.74) is 9.51. The summed E-state index contributed by atoms with van der Waals surface area (Å²) < 4.78 is 16.3. The van der Waals surface area contributed by atoms with E-state index in [1.54, 1.807) is 22.3 Å². The smallest absolute Gasteiger partial charge is 0.240 e. The Hall–Kier alpha value is -3.23. The van der Waals surface area contributed by atoms with Gasteiger partial charge in [0.15, 0.2) is 11.5 Å². The zero-order valence-corrected chi connectivity index (χ0v) is 13.9. The lowest BCUT2D eigenvalue weighted by atomic mass is 10.2.